The predicted octanol–water partition coefficient (Wildman–Crippen LogP) is -0.191. The smallest absolute Gasteiger partial charge is 0.0980 e. The lowest BCUT2D eigenvalue weighted by atomic mass is 10.1. The molecule has 4 N–H and O–H groups in total. The highest BCUT2D eigenvalue weighted by Crippen LogP contribution is 2.07. The quantitative estimate of drug-likeness (QED) is 0.326. The van der Waals surface area contributed by atoms with Crippen LogP contribution in [-0.2, 0) is 0 Å². The Balaban J connectivity index is 3.51. The zero-order chi connectivity index (χ0) is 10.8. The van der Waals surface area contributed by atoms with Gasteiger partial charge < -0.3 is 20.4 Å². The monoisotopic (exact) mass is 204 g/mol. The Hall–Kier alpha value is -0.420. The highest BCUT2D eigenvalue weighted by Gasteiger charge is 2.11. The first-order chi connectivity index (χ1) is 6.72. The van der Waals surface area contributed by atoms with Crippen molar-refractivity contribution in [2.75, 3.05) is 13.2 Å². The van der Waals surface area contributed by atoms with Crippen molar-refractivity contribution in [2.45, 2.75) is 37.9 Å². The van der Waals surface area contributed by atoms with Gasteiger partial charge in [0, 0.05) is 6.61 Å². The van der Waals surface area contributed by atoms with E-state index in [2.05, 4.69) is 0 Å². The lowest BCUT2D eigenvalue weighted by molar-refractivity contribution is 0.0409. The molecule has 0 aliphatic carbocycles. The van der Waals surface area contributed by atoms with Gasteiger partial charge in [-0.1, -0.05) is 25.0 Å². The number of aliphatic hydroxyl groups excluding tert-OH is 4. The lowest BCUT2D eigenvalue weighted by Gasteiger charge is -2.13. The van der Waals surface area contributed by atoms with Crippen LogP contribution in [0.2, 0.25) is 0 Å². The van der Waals surface area contributed by atoms with E-state index in [0.29, 0.717) is 6.42 Å². The summed E-state index contributed by atoms with van der Waals surface area (Å²) in [5.41, 5.74) is 0. The molecule has 0 aromatic heterocycles. The maximum absolute atomic E-state index is 9.40. The molecule has 0 amide bonds. The van der Waals surface area contributed by atoms with Crippen LogP contribution in [0, 0.1) is 0 Å². The molecule has 0 saturated carbocycles. The standard InChI is InChI=1S/C10H20O4/c11-7-3-1-2-5-9(13)10(14)6-4-8-12/h4,6,9-14H,1-3,5,7-8H2. The predicted molar refractivity (Wildman–Crippen MR) is 53.8 cm³/mol. The Kier molecular flexibility index (Phi) is 8.87. The molecule has 0 saturated heterocycles. The molecule has 0 radical (unpaired) electrons. The minimum atomic E-state index is -0.906. The Morgan fingerprint density at radius 3 is 2.29 bits per heavy atom. The molecule has 2 atom stereocenters. The zero-order valence-electron chi connectivity index (χ0n) is 8.34. The molecule has 14 heavy (non-hydrogen) atoms. The van der Waals surface area contributed by atoms with E-state index in [1.165, 1.54) is 12.2 Å². The number of aliphatic hydroxyl groups is 4. The SMILES string of the molecule is OCC=CC(O)C(O)CCCCCO. The molecule has 0 bridgehead atoms. The molecular formula is C10H20O4. The van der Waals surface area contributed by atoms with E-state index in [0.717, 1.165) is 19.3 Å². The van der Waals surface area contributed by atoms with Crippen LogP contribution in [-0.4, -0.2) is 45.8 Å². The minimum absolute atomic E-state index is 0.131. The van der Waals surface area contributed by atoms with Gasteiger partial charge in [0.15, 0.2) is 0 Å². The first-order valence-electron chi connectivity index (χ1n) is 4.97. The summed E-state index contributed by atoms with van der Waals surface area (Å²) < 4.78 is 0. The van der Waals surface area contributed by atoms with Crippen LogP contribution < -0.4 is 0 Å². The van der Waals surface area contributed by atoms with E-state index >= 15 is 0 Å². The van der Waals surface area contributed by atoms with Crippen LogP contribution in [0.3, 0.4) is 0 Å². The number of rotatable bonds is 8. The third-order valence-corrected chi connectivity index (χ3v) is 1.99. The second-order valence-electron chi connectivity index (χ2n) is 3.24. The molecule has 0 rings (SSSR count). The largest absolute Gasteiger partial charge is 0.396 e. The zero-order valence-corrected chi connectivity index (χ0v) is 8.34. The summed E-state index contributed by atoms with van der Waals surface area (Å²) in [7, 11) is 0. The number of unbranched alkanes of at least 4 members (excludes halogenated alkanes) is 2. The van der Waals surface area contributed by atoms with Gasteiger partial charge in [-0.05, 0) is 12.8 Å². The highest BCUT2D eigenvalue weighted by atomic mass is 16.3. The summed E-state index contributed by atoms with van der Waals surface area (Å²) in [4.78, 5) is 0. The molecule has 2 unspecified atom stereocenters. The van der Waals surface area contributed by atoms with Crippen molar-refractivity contribution < 1.29 is 20.4 Å². The average molecular weight is 204 g/mol. The average Bonchev–Trinajstić information content (AvgIpc) is 2.20. The third-order valence-electron chi connectivity index (χ3n) is 1.99. The first kappa shape index (κ1) is 13.6. The van der Waals surface area contributed by atoms with Gasteiger partial charge in [0.1, 0.15) is 0 Å². The van der Waals surface area contributed by atoms with Crippen molar-refractivity contribution in [1.29, 1.82) is 0 Å². The molecule has 0 aromatic rings. The van der Waals surface area contributed by atoms with E-state index in [-0.39, 0.29) is 13.2 Å². The van der Waals surface area contributed by atoms with Crippen molar-refractivity contribution in [3.8, 4) is 0 Å². The number of hydrogen-bond donors (Lipinski definition) is 4. The van der Waals surface area contributed by atoms with Crippen LogP contribution >= 0.6 is 0 Å². The van der Waals surface area contributed by atoms with E-state index in [1.54, 1.807) is 0 Å². The third kappa shape index (κ3) is 7.03. The van der Waals surface area contributed by atoms with E-state index in [9.17, 15) is 10.2 Å². The van der Waals surface area contributed by atoms with Crippen molar-refractivity contribution in [3.05, 3.63) is 12.2 Å². The summed E-state index contributed by atoms with van der Waals surface area (Å²) in [6.45, 7) is 0.0390. The Morgan fingerprint density at radius 2 is 1.71 bits per heavy atom. The summed E-state index contributed by atoms with van der Waals surface area (Å²) in [6.07, 6.45) is 3.98. The number of hydrogen-bond acceptors (Lipinski definition) is 4. The van der Waals surface area contributed by atoms with Gasteiger partial charge in [0.05, 0.1) is 18.8 Å². The second kappa shape index (κ2) is 9.15. The van der Waals surface area contributed by atoms with Crippen LogP contribution in [0.4, 0.5) is 0 Å². The summed E-state index contributed by atoms with van der Waals surface area (Å²) in [5.74, 6) is 0. The van der Waals surface area contributed by atoms with Gasteiger partial charge in [0.25, 0.3) is 0 Å². The molecule has 0 fully saturated rings. The summed E-state index contributed by atoms with van der Waals surface area (Å²) in [6, 6.07) is 0. The second-order valence-corrected chi connectivity index (χ2v) is 3.24. The normalized spacial score (nSPS) is 16.0. The fourth-order valence-corrected chi connectivity index (χ4v) is 1.14. The molecule has 4 heteroatoms. The van der Waals surface area contributed by atoms with E-state index in [1.807, 2.05) is 0 Å². The van der Waals surface area contributed by atoms with E-state index < -0.39 is 12.2 Å². The highest BCUT2D eigenvalue weighted by molar-refractivity contribution is 4.91. The molecule has 0 heterocycles. The van der Waals surface area contributed by atoms with Crippen molar-refractivity contribution in [2.24, 2.45) is 0 Å². The molecule has 4 nitrogen and oxygen atoms in total. The van der Waals surface area contributed by atoms with Crippen LogP contribution in [0.15, 0.2) is 12.2 Å². The van der Waals surface area contributed by atoms with Gasteiger partial charge in [0.2, 0.25) is 0 Å². The van der Waals surface area contributed by atoms with E-state index in [4.69, 9.17) is 10.2 Å². The Morgan fingerprint density at radius 1 is 1.00 bits per heavy atom. The topological polar surface area (TPSA) is 80.9 Å². The van der Waals surface area contributed by atoms with Gasteiger partial charge in [-0.2, -0.15) is 0 Å². The van der Waals surface area contributed by atoms with Crippen LogP contribution in [0.5, 0.6) is 0 Å². The first-order valence-corrected chi connectivity index (χ1v) is 4.97. The maximum Gasteiger partial charge on any atom is 0.0980 e. The van der Waals surface area contributed by atoms with Crippen molar-refractivity contribution in [3.63, 3.8) is 0 Å². The fraction of sp³-hybridized carbons (Fsp3) is 0.800. The maximum atomic E-state index is 9.40. The van der Waals surface area contributed by atoms with Gasteiger partial charge in [-0.25, -0.2) is 0 Å². The molecule has 0 aliphatic rings. The minimum Gasteiger partial charge on any atom is -0.396 e. The van der Waals surface area contributed by atoms with Crippen LogP contribution in [0.25, 0.3) is 0 Å². The van der Waals surface area contributed by atoms with Crippen molar-refractivity contribution in [1.82, 2.24) is 0 Å². The molecular weight excluding hydrogens is 184 g/mol. The molecule has 0 aromatic carbocycles. The molecule has 0 spiro atoms. The lowest BCUT2D eigenvalue weighted by Crippen LogP contribution is -2.23. The summed E-state index contributed by atoms with van der Waals surface area (Å²) in [5, 5.41) is 35.6. The van der Waals surface area contributed by atoms with Gasteiger partial charge in [-0.15, -0.1) is 0 Å². The summed E-state index contributed by atoms with van der Waals surface area (Å²) >= 11 is 0. The van der Waals surface area contributed by atoms with Gasteiger partial charge >= 0.3 is 0 Å². The molecule has 0 aliphatic heterocycles. The Labute approximate surface area is 84.5 Å². The van der Waals surface area contributed by atoms with Gasteiger partial charge in [-0.3, -0.25) is 0 Å². The molecule has 84 valence electrons. The Bertz CT molecular complexity index is 147. The fourth-order valence-electron chi connectivity index (χ4n) is 1.14. The van der Waals surface area contributed by atoms with Crippen molar-refractivity contribution >= 4 is 0 Å². The van der Waals surface area contributed by atoms with Crippen LogP contribution in [0.1, 0.15) is 25.7 Å².